The SMILES string of the molecule is CO/N=C(\C(=O)N[C@@H]1C(=O)N2C(C(=O)O)=C(CN3CCCC3)CS[C@H]12)c1csc(N)n1. The third-order valence-corrected chi connectivity index (χ3v) is 7.33. The molecular weight excluding hydrogens is 444 g/mol. The summed E-state index contributed by atoms with van der Waals surface area (Å²) in [5, 5.41) is 17.5. The molecule has 0 aliphatic carbocycles. The molecule has 0 radical (unpaired) electrons. The molecule has 2 fully saturated rings. The highest BCUT2D eigenvalue weighted by Crippen LogP contribution is 2.40. The van der Waals surface area contributed by atoms with Crippen LogP contribution in [0.15, 0.2) is 21.8 Å². The van der Waals surface area contributed by atoms with E-state index in [0.717, 1.165) is 42.8 Å². The topological polar surface area (TPSA) is 150 Å². The summed E-state index contributed by atoms with van der Waals surface area (Å²) in [6, 6.07) is -0.863. The van der Waals surface area contributed by atoms with Crippen LogP contribution >= 0.6 is 23.1 Å². The molecule has 3 aliphatic heterocycles. The number of carbonyl (C=O) groups excluding carboxylic acids is 2. The Hall–Kier alpha value is -2.64. The van der Waals surface area contributed by atoms with E-state index in [4.69, 9.17) is 10.6 Å². The average Bonchev–Trinajstić information content (AvgIpc) is 3.41. The molecule has 0 spiro atoms. The predicted octanol–water partition coefficient (Wildman–Crippen LogP) is -0.0898. The van der Waals surface area contributed by atoms with Crippen LogP contribution in [-0.2, 0) is 19.2 Å². The minimum atomic E-state index is -1.13. The number of hydrogen-bond donors (Lipinski definition) is 3. The number of amides is 2. The first-order valence-electron chi connectivity index (χ1n) is 9.66. The van der Waals surface area contributed by atoms with Crippen molar-refractivity contribution in [1.29, 1.82) is 0 Å². The number of nitrogens with two attached hydrogens (primary N) is 1. The summed E-state index contributed by atoms with van der Waals surface area (Å²) in [5.41, 5.74) is 6.52. The van der Waals surface area contributed by atoms with Gasteiger partial charge in [0.15, 0.2) is 10.8 Å². The molecule has 4 N–H and O–H groups in total. The molecule has 2 atom stereocenters. The number of nitrogens with one attached hydrogen (secondary N) is 1. The van der Waals surface area contributed by atoms with Crippen molar-refractivity contribution >= 4 is 51.7 Å². The number of rotatable bonds is 7. The van der Waals surface area contributed by atoms with Crippen molar-refractivity contribution in [3.63, 3.8) is 0 Å². The lowest BCUT2D eigenvalue weighted by Crippen LogP contribution is -2.71. The predicted molar refractivity (Wildman–Crippen MR) is 115 cm³/mol. The summed E-state index contributed by atoms with van der Waals surface area (Å²) in [4.78, 5) is 49.8. The van der Waals surface area contributed by atoms with Crippen LogP contribution < -0.4 is 11.1 Å². The van der Waals surface area contributed by atoms with E-state index in [1.54, 1.807) is 5.38 Å². The number of likely N-dealkylation sites (tertiary alicyclic amines) is 1. The van der Waals surface area contributed by atoms with Crippen LogP contribution in [0.2, 0.25) is 0 Å². The Balaban J connectivity index is 1.50. The minimum absolute atomic E-state index is 0.0317. The number of nitrogen functional groups attached to an aromatic ring is 1. The molecule has 31 heavy (non-hydrogen) atoms. The summed E-state index contributed by atoms with van der Waals surface area (Å²) < 4.78 is 0. The van der Waals surface area contributed by atoms with Gasteiger partial charge in [-0.1, -0.05) is 5.16 Å². The number of aliphatic carboxylic acids is 1. The number of aromatic nitrogens is 1. The van der Waals surface area contributed by atoms with E-state index in [2.05, 4.69) is 20.4 Å². The van der Waals surface area contributed by atoms with Crippen molar-refractivity contribution in [1.82, 2.24) is 20.1 Å². The van der Waals surface area contributed by atoms with Gasteiger partial charge in [0.2, 0.25) is 0 Å². The number of nitrogens with zero attached hydrogens (tertiary/aromatic N) is 4. The number of fused-ring (bicyclic) bond motifs is 1. The van der Waals surface area contributed by atoms with Crippen molar-refractivity contribution in [2.75, 3.05) is 38.2 Å². The number of thiazole rings is 1. The normalized spacial score (nSPS) is 24.1. The van der Waals surface area contributed by atoms with E-state index in [0.29, 0.717) is 12.3 Å². The van der Waals surface area contributed by atoms with E-state index in [1.165, 1.54) is 23.8 Å². The van der Waals surface area contributed by atoms with E-state index < -0.39 is 29.2 Å². The standard InChI is InChI=1S/C18H22N6O5S2/c1-29-22-11(10-8-31-18(19)20-10)14(25)21-12-15(26)24-13(17(27)28)9(7-30-16(12)24)6-23-4-2-3-5-23/h8,12,16H,2-7H2,1H3,(H2,19,20)(H,21,25)(H,27,28)/b22-11-/t12-,16-/m1/s1. The van der Waals surface area contributed by atoms with Crippen molar-refractivity contribution in [3.05, 3.63) is 22.3 Å². The maximum Gasteiger partial charge on any atom is 0.352 e. The molecule has 0 bridgehead atoms. The summed E-state index contributed by atoms with van der Waals surface area (Å²) in [5.74, 6) is -1.75. The largest absolute Gasteiger partial charge is 0.477 e. The molecule has 0 unspecified atom stereocenters. The number of hydrogen-bond acceptors (Lipinski definition) is 10. The first-order chi connectivity index (χ1) is 14.9. The van der Waals surface area contributed by atoms with Gasteiger partial charge in [-0.15, -0.1) is 23.1 Å². The van der Waals surface area contributed by atoms with Crippen LogP contribution in [0.25, 0.3) is 0 Å². The monoisotopic (exact) mass is 466 g/mol. The Kier molecular flexibility index (Phi) is 6.16. The molecule has 1 aromatic heterocycles. The first-order valence-corrected chi connectivity index (χ1v) is 11.6. The molecule has 1 aromatic rings. The van der Waals surface area contributed by atoms with Crippen molar-refractivity contribution < 1.29 is 24.3 Å². The van der Waals surface area contributed by atoms with Crippen LogP contribution in [0, 0.1) is 0 Å². The zero-order valence-electron chi connectivity index (χ0n) is 16.7. The van der Waals surface area contributed by atoms with Crippen LogP contribution in [0.4, 0.5) is 5.13 Å². The smallest absolute Gasteiger partial charge is 0.352 e. The highest BCUT2D eigenvalue weighted by Gasteiger charge is 2.54. The summed E-state index contributed by atoms with van der Waals surface area (Å²) in [6.45, 7) is 2.40. The molecule has 166 valence electrons. The third-order valence-electron chi connectivity index (χ3n) is 5.31. The number of carbonyl (C=O) groups is 3. The lowest BCUT2D eigenvalue weighted by atomic mass is 10.0. The van der Waals surface area contributed by atoms with E-state index in [-0.39, 0.29) is 22.2 Å². The molecule has 13 heteroatoms. The number of anilines is 1. The molecule has 2 amide bonds. The fourth-order valence-electron chi connectivity index (χ4n) is 3.92. The van der Waals surface area contributed by atoms with Gasteiger partial charge in [0.05, 0.1) is 0 Å². The Morgan fingerprint density at radius 1 is 1.42 bits per heavy atom. The van der Waals surface area contributed by atoms with Gasteiger partial charge >= 0.3 is 5.97 Å². The van der Waals surface area contributed by atoms with Gasteiger partial charge in [0.1, 0.15) is 29.9 Å². The summed E-state index contributed by atoms with van der Waals surface area (Å²) in [7, 11) is 1.29. The molecule has 3 aliphatic rings. The second-order valence-corrected chi connectivity index (χ2v) is 9.29. The first kappa shape index (κ1) is 21.6. The highest BCUT2D eigenvalue weighted by atomic mass is 32.2. The average molecular weight is 467 g/mol. The zero-order valence-corrected chi connectivity index (χ0v) is 18.4. The molecule has 2 saturated heterocycles. The highest BCUT2D eigenvalue weighted by molar-refractivity contribution is 8.00. The summed E-state index contributed by atoms with van der Waals surface area (Å²) in [6.07, 6.45) is 2.19. The number of oxime groups is 1. The molecule has 11 nitrogen and oxygen atoms in total. The van der Waals surface area contributed by atoms with Crippen molar-refractivity contribution in [2.24, 2.45) is 5.16 Å². The van der Waals surface area contributed by atoms with Gasteiger partial charge in [0, 0.05) is 17.7 Å². The number of β-lactam (4-membered cyclic amide) rings is 1. The fourth-order valence-corrected chi connectivity index (χ4v) is 5.80. The zero-order chi connectivity index (χ0) is 22.1. The molecular formula is C18H22N6O5S2. The van der Waals surface area contributed by atoms with Gasteiger partial charge in [-0.3, -0.25) is 19.4 Å². The number of carboxylic acids is 1. The van der Waals surface area contributed by atoms with Gasteiger partial charge in [-0.25, -0.2) is 9.78 Å². The second kappa shape index (κ2) is 8.85. The number of carboxylic acid groups (broad SMARTS) is 1. The van der Waals surface area contributed by atoms with Crippen LogP contribution in [-0.4, -0.2) is 87.3 Å². The van der Waals surface area contributed by atoms with Crippen molar-refractivity contribution in [2.45, 2.75) is 24.3 Å². The lowest BCUT2D eigenvalue weighted by Gasteiger charge is -2.49. The maximum absolute atomic E-state index is 12.8. The maximum atomic E-state index is 12.8. The lowest BCUT2D eigenvalue weighted by molar-refractivity contribution is -0.150. The second-order valence-electron chi connectivity index (χ2n) is 7.29. The van der Waals surface area contributed by atoms with Gasteiger partial charge in [0.25, 0.3) is 11.8 Å². The minimum Gasteiger partial charge on any atom is -0.477 e. The van der Waals surface area contributed by atoms with Crippen LogP contribution in [0.5, 0.6) is 0 Å². The van der Waals surface area contributed by atoms with E-state index >= 15 is 0 Å². The number of thioether (sulfide) groups is 1. The van der Waals surface area contributed by atoms with Gasteiger partial charge in [-0.05, 0) is 31.5 Å². The van der Waals surface area contributed by atoms with Gasteiger partial charge < -0.3 is 21.0 Å². The Bertz CT molecular complexity index is 970. The molecule has 0 aromatic carbocycles. The molecule has 0 saturated carbocycles. The van der Waals surface area contributed by atoms with E-state index in [9.17, 15) is 19.5 Å². The van der Waals surface area contributed by atoms with Gasteiger partial charge in [-0.2, -0.15) is 0 Å². The summed E-state index contributed by atoms with van der Waals surface area (Å²) >= 11 is 2.59. The van der Waals surface area contributed by atoms with Crippen LogP contribution in [0.1, 0.15) is 18.5 Å². The molecule has 4 rings (SSSR count). The Labute approximate surface area is 186 Å². The third kappa shape index (κ3) is 4.12. The Morgan fingerprint density at radius 3 is 2.77 bits per heavy atom. The van der Waals surface area contributed by atoms with E-state index in [1.807, 2.05) is 0 Å². The fraction of sp³-hybridized carbons (Fsp3) is 0.500. The van der Waals surface area contributed by atoms with Crippen molar-refractivity contribution in [3.8, 4) is 0 Å². The Morgan fingerprint density at radius 2 is 2.16 bits per heavy atom. The molecule has 4 heterocycles. The van der Waals surface area contributed by atoms with Crippen LogP contribution in [0.3, 0.4) is 0 Å². The quantitative estimate of drug-likeness (QED) is 0.284.